The molecule has 17 heavy (non-hydrogen) atoms. The predicted molar refractivity (Wildman–Crippen MR) is 69.6 cm³/mol. The highest BCUT2D eigenvalue weighted by Crippen LogP contribution is 2.19. The monoisotopic (exact) mass is 254 g/mol. The summed E-state index contributed by atoms with van der Waals surface area (Å²) >= 11 is 0. The van der Waals surface area contributed by atoms with E-state index in [4.69, 9.17) is 0 Å². The summed E-state index contributed by atoms with van der Waals surface area (Å²) in [5, 5.41) is 3.28. The first-order valence-electron chi connectivity index (χ1n) is 5.94. The van der Waals surface area contributed by atoms with Gasteiger partial charge in [-0.15, -0.1) is 0 Å². The Kier molecular flexibility index (Phi) is 3.69. The van der Waals surface area contributed by atoms with Crippen LogP contribution < -0.4 is 10.0 Å². The van der Waals surface area contributed by atoms with E-state index in [1.54, 1.807) is 0 Å². The molecule has 1 aliphatic heterocycles. The van der Waals surface area contributed by atoms with Crippen LogP contribution in [0.15, 0.2) is 18.2 Å². The van der Waals surface area contributed by atoms with Crippen LogP contribution in [0.2, 0.25) is 0 Å². The lowest BCUT2D eigenvalue weighted by Gasteiger charge is -2.18. The summed E-state index contributed by atoms with van der Waals surface area (Å²) in [6.07, 6.45) is 1.64. The molecule has 0 unspecified atom stereocenters. The van der Waals surface area contributed by atoms with E-state index in [2.05, 4.69) is 10.0 Å². The lowest BCUT2D eigenvalue weighted by molar-refractivity contribution is 0.600. The molecule has 2 rings (SSSR count). The predicted octanol–water partition coefficient (Wildman–Crippen LogP) is 1.48. The molecule has 94 valence electrons. The number of benzene rings is 1. The van der Waals surface area contributed by atoms with E-state index in [9.17, 15) is 8.42 Å². The van der Waals surface area contributed by atoms with Crippen molar-refractivity contribution in [3.05, 3.63) is 29.3 Å². The molecule has 0 fully saturated rings. The van der Waals surface area contributed by atoms with Gasteiger partial charge in [0.1, 0.15) is 0 Å². The van der Waals surface area contributed by atoms with Crippen molar-refractivity contribution in [2.75, 3.05) is 17.0 Å². The molecule has 0 spiro atoms. The Labute approximate surface area is 102 Å². The highest BCUT2D eigenvalue weighted by Gasteiger charge is 2.12. The van der Waals surface area contributed by atoms with E-state index < -0.39 is 10.0 Å². The zero-order chi connectivity index (χ0) is 12.3. The fraction of sp³-hybridized carbons (Fsp3) is 0.500. The first kappa shape index (κ1) is 12.4. The second-order valence-corrected chi connectivity index (χ2v) is 6.17. The number of hydrogen-bond acceptors (Lipinski definition) is 3. The molecule has 0 aliphatic carbocycles. The maximum absolute atomic E-state index is 11.6. The molecule has 1 aromatic rings. The molecule has 0 atom stereocenters. The molecule has 2 N–H and O–H groups in total. The second kappa shape index (κ2) is 5.06. The van der Waals surface area contributed by atoms with Gasteiger partial charge < -0.3 is 5.32 Å². The second-order valence-electron chi connectivity index (χ2n) is 4.33. The summed E-state index contributed by atoms with van der Waals surface area (Å²) in [6.45, 7) is 3.67. The highest BCUT2D eigenvalue weighted by molar-refractivity contribution is 7.92. The largest absolute Gasteiger partial charge is 0.312 e. The summed E-state index contributed by atoms with van der Waals surface area (Å²) in [6, 6.07) is 5.78. The molecule has 0 saturated heterocycles. The zero-order valence-electron chi connectivity index (χ0n) is 9.99. The standard InChI is InChI=1S/C12H18N2O2S/c1-2-7-17(15,16)14-12-4-3-10-5-6-13-9-11(10)8-12/h3-4,8,13-14H,2,5-7,9H2,1H3. The molecule has 0 bridgehead atoms. The highest BCUT2D eigenvalue weighted by atomic mass is 32.2. The fourth-order valence-electron chi connectivity index (χ4n) is 2.04. The van der Waals surface area contributed by atoms with Gasteiger partial charge in [-0.25, -0.2) is 8.42 Å². The third-order valence-electron chi connectivity index (χ3n) is 2.84. The van der Waals surface area contributed by atoms with Gasteiger partial charge in [-0.1, -0.05) is 13.0 Å². The van der Waals surface area contributed by atoms with Crippen LogP contribution in [0.1, 0.15) is 24.5 Å². The summed E-state index contributed by atoms with van der Waals surface area (Å²) in [5.41, 5.74) is 3.16. The Morgan fingerprint density at radius 2 is 2.18 bits per heavy atom. The molecule has 0 radical (unpaired) electrons. The molecule has 1 aromatic carbocycles. The normalized spacial score (nSPS) is 15.4. The zero-order valence-corrected chi connectivity index (χ0v) is 10.8. The van der Waals surface area contributed by atoms with E-state index in [0.29, 0.717) is 12.1 Å². The maximum atomic E-state index is 11.6. The number of nitrogens with one attached hydrogen (secondary N) is 2. The van der Waals surface area contributed by atoms with E-state index in [1.165, 1.54) is 11.1 Å². The Hall–Kier alpha value is -1.07. The third-order valence-corrected chi connectivity index (χ3v) is 4.33. The molecule has 4 nitrogen and oxygen atoms in total. The topological polar surface area (TPSA) is 58.2 Å². The average molecular weight is 254 g/mol. The number of fused-ring (bicyclic) bond motifs is 1. The van der Waals surface area contributed by atoms with Crippen LogP contribution in [0.3, 0.4) is 0 Å². The minimum absolute atomic E-state index is 0.169. The van der Waals surface area contributed by atoms with Gasteiger partial charge in [0.25, 0.3) is 0 Å². The molecule has 0 aromatic heterocycles. The quantitative estimate of drug-likeness (QED) is 0.855. The van der Waals surface area contributed by atoms with Crippen LogP contribution in [0.5, 0.6) is 0 Å². The van der Waals surface area contributed by atoms with Crippen LogP contribution in [0.25, 0.3) is 0 Å². The smallest absolute Gasteiger partial charge is 0.232 e. The van der Waals surface area contributed by atoms with Gasteiger partial charge in [-0.05, 0) is 42.6 Å². The van der Waals surface area contributed by atoms with Crippen LogP contribution in [0, 0.1) is 0 Å². The van der Waals surface area contributed by atoms with E-state index in [-0.39, 0.29) is 5.75 Å². The fourth-order valence-corrected chi connectivity index (χ4v) is 3.17. The van der Waals surface area contributed by atoms with Gasteiger partial charge in [-0.2, -0.15) is 0 Å². The molecule has 0 amide bonds. The number of anilines is 1. The Morgan fingerprint density at radius 3 is 2.94 bits per heavy atom. The Bertz CT molecular complexity index is 497. The summed E-state index contributed by atoms with van der Waals surface area (Å²) in [5.74, 6) is 0.169. The van der Waals surface area contributed by atoms with Gasteiger partial charge in [-0.3, -0.25) is 4.72 Å². The number of hydrogen-bond donors (Lipinski definition) is 2. The average Bonchev–Trinajstić information content (AvgIpc) is 2.28. The van der Waals surface area contributed by atoms with Crippen molar-refractivity contribution in [2.45, 2.75) is 26.3 Å². The van der Waals surface area contributed by atoms with Crippen LogP contribution in [-0.4, -0.2) is 20.7 Å². The van der Waals surface area contributed by atoms with Gasteiger partial charge >= 0.3 is 0 Å². The van der Waals surface area contributed by atoms with Crippen molar-refractivity contribution in [3.8, 4) is 0 Å². The minimum atomic E-state index is -3.18. The van der Waals surface area contributed by atoms with Crippen LogP contribution in [-0.2, 0) is 23.0 Å². The van der Waals surface area contributed by atoms with E-state index in [1.807, 2.05) is 25.1 Å². The van der Waals surface area contributed by atoms with Crippen LogP contribution >= 0.6 is 0 Å². The maximum Gasteiger partial charge on any atom is 0.232 e. The van der Waals surface area contributed by atoms with Crippen molar-refractivity contribution in [1.29, 1.82) is 0 Å². The van der Waals surface area contributed by atoms with Gasteiger partial charge in [0.15, 0.2) is 0 Å². The molecule has 0 saturated carbocycles. The van der Waals surface area contributed by atoms with Gasteiger partial charge in [0.05, 0.1) is 5.75 Å². The molecule has 1 heterocycles. The Balaban J connectivity index is 2.17. The molecule has 5 heteroatoms. The van der Waals surface area contributed by atoms with E-state index >= 15 is 0 Å². The van der Waals surface area contributed by atoms with Crippen LogP contribution in [0.4, 0.5) is 5.69 Å². The SMILES string of the molecule is CCCS(=O)(=O)Nc1ccc2c(c1)CNCC2. The molecular formula is C12H18N2O2S. The van der Waals surface area contributed by atoms with Gasteiger partial charge in [0, 0.05) is 12.2 Å². The lowest BCUT2D eigenvalue weighted by Crippen LogP contribution is -2.24. The first-order valence-corrected chi connectivity index (χ1v) is 7.59. The lowest BCUT2D eigenvalue weighted by atomic mass is 10.0. The third kappa shape index (κ3) is 3.20. The van der Waals surface area contributed by atoms with Crippen molar-refractivity contribution in [1.82, 2.24) is 5.32 Å². The molecule has 1 aliphatic rings. The minimum Gasteiger partial charge on any atom is -0.312 e. The number of sulfonamides is 1. The summed E-state index contributed by atoms with van der Waals surface area (Å²) in [7, 11) is -3.18. The molecular weight excluding hydrogens is 236 g/mol. The van der Waals surface area contributed by atoms with E-state index in [0.717, 1.165) is 19.5 Å². The summed E-state index contributed by atoms with van der Waals surface area (Å²) < 4.78 is 25.9. The van der Waals surface area contributed by atoms with Crippen molar-refractivity contribution in [3.63, 3.8) is 0 Å². The Morgan fingerprint density at radius 1 is 1.35 bits per heavy atom. The summed E-state index contributed by atoms with van der Waals surface area (Å²) in [4.78, 5) is 0. The van der Waals surface area contributed by atoms with Gasteiger partial charge in [0.2, 0.25) is 10.0 Å². The van der Waals surface area contributed by atoms with Crippen molar-refractivity contribution < 1.29 is 8.42 Å². The van der Waals surface area contributed by atoms with Crippen molar-refractivity contribution >= 4 is 15.7 Å². The van der Waals surface area contributed by atoms with Crippen molar-refractivity contribution in [2.24, 2.45) is 0 Å². The first-order chi connectivity index (χ1) is 8.11. The number of rotatable bonds is 4.